The molecule has 0 bridgehead atoms. The van der Waals surface area contributed by atoms with Gasteiger partial charge in [-0.15, -0.1) is 0 Å². The highest BCUT2D eigenvalue weighted by atomic mass is 16.5. The molecule has 0 saturated heterocycles. The summed E-state index contributed by atoms with van der Waals surface area (Å²) >= 11 is 0. The first kappa shape index (κ1) is 25.2. The third kappa shape index (κ3) is 9.50. The fraction of sp³-hybridized carbons (Fsp3) is 0.696. The van der Waals surface area contributed by atoms with Gasteiger partial charge in [-0.05, 0) is 12.3 Å². The van der Waals surface area contributed by atoms with Crippen molar-refractivity contribution >= 4 is 17.5 Å². The highest BCUT2D eigenvalue weighted by molar-refractivity contribution is 5.90. The van der Waals surface area contributed by atoms with Crippen LogP contribution in [0.5, 0.6) is 0 Å². The van der Waals surface area contributed by atoms with E-state index in [2.05, 4.69) is 18.6 Å². The summed E-state index contributed by atoms with van der Waals surface area (Å²) in [6, 6.07) is 0. The van der Waals surface area contributed by atoms with E-state index < -0.39 is 24.0 Å². The standard InChI is InChI=1S/C23H36O6/c1-4-5-8-16(2)13-18(25)11-12-19-20(22(27)15-21(19)26)14-17(24)9-6-7-10-23(28)29-3/h6-7,11-12,16,18-21,25-26H,4-5,8-10,13-15H2,1-3H3/b7-6+,12-11+/t16-,18?,19+,20+,21?/m0/s1. The molecule has 6 nitrogen and oxygen atoms in total. The molecule has 2 N–H and O–H groups in total. The molecule has 0 amide bonds. The number of methoxy groups -OCH3 is 1. The molecule has 0 spiro atoms. The second-order valence-electron chi connectivity index (χ2n) is 8.06. The van der Waals surface area contributed by atoms with Crippen LogP contribution < -0.4 is 0 Å². The molecular formula is C23H36O6. The molecule has 0 aromatic rings. The Morgan fingerprint density at radius 1 is 1.28 bits per heavy atom. The predicted molar refractivity (Wildman–Crippen MR) is 111 cm³/mol. The van der Waals surface area contributed by atoms with Gasteiger partial charge >= 0.3 is 5.97 Å². The lowest BCUT2D eigenvalue weighted by atomic mass is 9.88. The van der Waals surface area contributed by atoms with Gasteiger partial charge in [-0.2, -0.15) is 0 Å². The van der Waals surface area contributed by atoms with Crippen LogP contribution in [0.4, 0.5) is 0 Å². The fourth-order valence-corrected chi connectivity index (χ4v) is 3.71. The Labute approximate surface area is 174 Å². The Bertz CT molecular complexity index is 594. The van der Waals surface area contributed by atoms with Crippen LogP contribution in [0.2, 0.25) is 0 Å². The van der Waals surface area contributed by atoms with Crippen molar-refractivity contribution in [1.29, 1.82) is 0 Å². The summed E-state index contributed by atoms with van der Waals surface area (Å²) in [6.45, 7) is 4.24. The van der Waals surface area contributed by atoms with Crippen LogP contribution in [-0.2, 0) is 19.1 Å². The van der Waals surface area contributed by atoms with Crippen LogP contribution in [-0.4, -0.2) is 47.1 Å². The van der Waals surface area contributed by atoms with E-state index in [0.29, 0.717) is 12.3 Å². The maximum atomic E-state index is 12.2. The van der Waals surface area contributed by atoms with Crippen molar-refractivity contribution in [2.24, 2.45) is 17.8 Å². The lowest BCUT2D eigenvalue weighted by Crippen LogP contribution is -2.22. The van der Waals surface area contributed by atoms with Crippen LogP contribution in [0.1, 0.15) is 65.2 Å². The number of rotatable bonds is 13. The Morgan fingerprint density at radius 3 is 2.62 bits per heavy atom. The van der Waals surface area contributed by atoms with Crippen molar-refractivity contribution in [2.45, 2.75) is 77.4 Å². The summed E-state index contributed by atoms with van der Waals surface area (Å²) in [5.74, 6) is -1.23. The summed E-state index contributed by atoms with van der Waals surface area (Å²) < 4.78 is 4.52. The van der Waals surface area contributed by atoms with Gasteiger partial charge < -0.3 is 14.9 Å². The molecule has 1 fully saturated rings. The first-order chi connectivity index (χ1) is 13.8. The Hall–Kier alpha value is -1.79. The number of hydrogen-bond donors (Lipinski definition) is 2. The van der Waals surface area contributed by atoms with Gasteiger partial charge in [0.15, 0.2) is 0 Å². The third-order valence-electron chi connectivity index (χ3n) is 5.45. The second-order valence-corrected chi connectivity index (χ2v) is 8.06. The number of hydrogen-bond acceptors (Lipinski definition) is 6. The smallest absolute Gasteiger partial charge is 0.309 e. The number of carbonyl (C=O) groups is 3. The maximum Gasteiger partial charge on any atom is 0.309 e. The van der Waals surface area contributed by atoms with E-state index in [9.17, 15) is 24.6 Å². The SMILES string of the molecule is CCCC[C@H](C)CC(O)/C=C/[C@H]1C(O)CC(=O)[C@@H]1CC(=O)C/C=C/CC(=O)OC. The van der Waals surface area contributed by atoms with Crippen LogP contribution in [0.3, 0.4) is 0 Å². The molecule has 1 saturated carbocycles. The number of aliphatic hydroxyl groups excluding tert-OH is 2. The largest absolute Gasteiger partial charge is 0.469 e. The number of Topliss-reactive ketones (excluding diaryl/α,β-unsaturated/α-hetero) is 2. The average molecular weight is 409 g/mol. The minimum absolute atomic E-state index is 0.0358. The van der Waals surface area contributed by atoms with Crippen molar-refractivity contribution in [3.63, 3.8) is 0 Å². The highest BCUT2D eigenvalue weighted by Crippen LogP contribution is 2.33. The van der Waals surface area contributed by atoms with Crippen molar-refractivity contribution in [1.82, 2.24) is 0 Å². The molecule has 5 atom stereocenters. The summed E-state index contributed by atoms with van der Waals surface area (Å²) in [6.07, 6.45) is 9.36. The molecule has 1 rings (SSSR count). The lowest BCUT2D eigenvalue weighted by Gasteiger charge is -2.18. The van der Waals surface area contributed by atoms with Crippen LogP contribution in [0.25, 0.3) is 0 Å². The minimum Gasteiger partial charge on any atom is -0.469 e. The van der Waals surface area contributed by atoms with Gasteiger partial charge in [0.1, 0.15) is 11.6 Å². The average Bonchev–Trinajstić information content (AvgIpc) is 2.94. The molecule has 0 heterocycles. The van der Waals surface area contributed by atoms with E-state index in [1.165, 1.54) is 7.11 Å². The van der Waals surface area contributed by atoms with Crippen LogP contribution >= 0.6 is 0 Å². The zero-order chi connectivity index (χ0) is 21.8. The third-order valence-corrected chi connectivity index (χ3v) is 5.45. The van der Waals surface area contributed by atoms with E-state index >= 15 is 0 Å². The highest BCUT2D eigenvalue weighted by Gasteiger charge is 2.40. The summed E-state index contributed by atoms with van der Waals surface area (Å²) in [4.78, 5) is 35.5. The predicted octanol–water partition coefficient (Wildman–Crippen LogP) is 3.15. The van der Waals surface area contributed by atoms with Gasteiger partial charge in [0.25, 0.3) is 0 Å². The Kier molecular flexibility index (Phi) is 11.7. The van der Waals surface area contributed by atoms with Gasteiger partial charge in [0, 0.05) is 31.1 Å². The molecule has 2 unspecified atom stereocenters. The molecule has 0 aromatic carbocycles. The molecule has 0 aromatic heterocycles. The van der Waals surface area contributed by atoms with Gasteiger partial charge in [0.05, 0.1) is 25.7 Å². The first-order valence-electron chi connectivity index (χ1n) is 10.6. The Balaban J connectivity index is 2.58. The van der Waals surface area contributed by atoms with E-state index in [4.69, 9.17) is 0 Å². The number of aliphatic hydroxyl groups is 2. The van der Waals surface area contributed by atoms with Gasteiger partial charge in [-0.25, -0.2) is 0 Å². The van der Waals surface area contributed by atoms with E-state index in [1.807, 2.05) is 0 Å². The zero-order valence-electron chi connectivity index (χ0n) is 17.9. The van der Waals surface area contributed by atoms with Crippen LogP contribution in [0.15, 0.2) is 24.3 Å². The quantitative estimate of drug-likeness (QED) is 0.359. The lowest BCUT2D eigenvalue weighted by molar-refractivity contribution is -0.139. The molecule has 0 radical (unpaired) electrons. The monoisotopic (exact) mass is 408 g/mol. The number of esters is 1. The van der Waals surface area contributed by atoms with Gasteiger partial charge in [-0.3, -0.25) is 14.4 Å². The molecule has 6 heteroatoms. The minimum atomic E-state index is -0.823. The summed E-state index contributed by atoms with van der Waals surface area (Å²) in [5, 5.41) is 20.5. The number of ketones is 2. The fourth-order valence-electron chi connectivity index (χ4n) is 3.71. The number of carbonyl (C=O) groups excluding carboxylic acids is 3. The van der Waals surface area contributed by atoms with Gasteiger partial charge in [0.2, 0.25) is 0 Å². The van der Waals surface area contributed by atoms with Crippen molar-refractivity contribution < 1.29 is 29.3 Å². The van der Waals surface area contributed by atoms with E-state index in [1.54, 1.807) is 24.3 Å². The van der Waals surface area contributed by atoms with Crippen molar-refractivity contribution in [3.8, 4) is 0 Å². The molecule has 0 aliphatic heterocycles. The second kappa shape index (κ2) is 13.4. The van der Waals surface area contributed by atoms with Crippen molar-refractivity contribution in [3.05, 3.63) is 24.3 Å². The molecular weight excluding hydrogens is 372 g/mol. The topological polar surface area (TPSA) is 101 Å². The molecule has 29 heavy (non-hydrogen) atoms. The zero-order valence-corrected chi connectivity index (χ0v) is 17.9. The maximum absolute atomic E-state index is 12.2. The normalized spacial score (nSPS) is 24.3. The van der Waals surface area contributed by atoms with Gasteiger partial charge in [-0.1, -0.05) is 57.4 Å². The first-order valence-corrected chi connectivity index (χ1v) is 10.6. The Morgan fingerprint density at radius 2 is 1.97 bits per heavy atom. The van der Waals surface area contributed by atoms with E-state index in [-0.39, 0.29) is 43.2 Å². The summed E-state index contributed by atoms with van der Waals surface area (Å²) in [7, 11) is 1.30. The molecule has 1 aliphatic rings. The summed E-state index contributed by atoms with van der Waals surface area (Å²) in [5.41, 5.74) is 0. The van der Waals surface area contributed by atoms with Crippen molar-refractivity contribution in [2.75, 3.05) is 7.11 Å². The van der Waals surface area contributed by atoms with E-state index in [0.717, 1.165) is 19.3 Å². The van der Waals surface area contributed by atoms with Crippen LogP contribution in [0, 0.1) is 17.8 Å². The molecule has 1 aliphatic carbocycles. The number of ether oxygens (including phenoxy) is 1. The number of allylic oxidation sites excluding steroid dienone is 1. The molecule has 164 valence electrons. The number of unbranched alkanes of at least 4 members (excludes halogenated alkanes) is 1.